The summed E-state index contributed by atoms with van der Waals surface area (Å²) in [5.74, 6) is -2.61. The number of H-pyrrole nitrogens is 1. The van der Waals surface area contributed by atoms with Crippen LogP contribution in [-0.4, -0.2) is 21.7 Å². The first-order valence-electron chi connectivity index (χ1n) is 6.71. The van der Waals surface area contributed by atoms with Gasteiger partial charge in [-0.15, -0.1) is 0 Å². The van der Waals surface area contributed by atoms with Crippen molar-refractivity contribution < 1.29 is 18.3 Å². The fourth-order valence-corrected chi connectivity index (χ4v) is 1.80. The number of halogens is 2. The molecule has 0 atom stereocenters. The first-order valence-corrected chi connectivity index (χ1v) is 6.71. The highest BCUT2D eigenvalue weighted by molar-refractivity contribution is 5.92. The van der Waals surface area contributed by atoms with Crippen LogP contribution in [0.25, 0.3) is 0 Å². The molecule has 1 amide bonds. The van der Waals surface area contributed by atoms with Crippen LogP contribution in [0, 0.1) is 11.6 Å². The van der Waals surface area contributed by atoms with E-state index in [1.807, 2.05) is 0 Å². The number of carbonyl (C=O) groups is 1. The van der Waals surface area contributed by atoms with E-state index in [1.165, 1.54) is 6.20 Å². The number of carbonyl (C=O) groups excluding carboxylic acids is 1. The Kier molecular flexibility index (Phi) is 4.44. The van der Waals surface area contributed by atoms with Gasteiger partial charge in [0.05, 0.1) is 6.42 Å². The van der Waals surface area contributed by atoms with Crippen molar-refractivity contribution in [3.8, 4) is 5.75 Å². The number of nitrogens with one attached hydrogen (secondary N) is 2. The van der Waals surface area contributed by atoms with Crippen LogP contribution in [0.3, 0.4) is 0 Å². The Morgan fingerprint density at radius 3 is 2.45 bits per heavy atom. The van der Waals surface area contributed by atoms with Crippen LogP contribution in [0.5, 0.6) is 5.75 Å². The topological polar surface area (TPSA) is 67.0 Å². The number of amides is 1. The molecule has 0 radical (unpaired) electrons. The molecule has 0 bridgehead atoms. The third kappa shape index (κ3) is 4.28. The molecule has 2 aromatic rings. The van der Waals surface area contributed by atoms with Crippen molar-refractivity contribution in [1.82, 2.24) is 10.2 Å². The van der Waals surface area contributed by atoms with Crippen LogP contribution < -0.4 is 10.1 Å². The standard InChI is InChI=1S/C15H17F2N3O2/c1-15(2,3)22-14-11(16)6-10(7-12(14)17)19-13(21)8-9-4-5-18-20-9/h4-7H,8H2,1-3H3,(H,18,20)(H,19,21). The highest BCUT2D eigenvalue weighted by Gasteiger charge is 2.20. The molecule has 5 nitrogen and oxygen atoms in total. The maximum Gasteiger partial charge on any atom is 0.230 e. The van der Waals surface area contributed by atoms with Crippen molar-refractivity contribution in [2.75, 3.05) is 5.32 Å². The highest BCUT2D eigenvalue weighted by atomic mass is 19.1. The number of aromatic amines is 1. The van der Waals surface area contributed by atoms with Crippen LogP contribution in [0.15, 0.2) is 24.4 Å². The molecule has 0 saturated heterocycles. The van der Waals surface area contributed by atoms with Gasteiger partial charge >= 0.3 is 0 Å². The predicted octanol–water partition coefficient (Wildman–Crippen LogP) is 3.05. The number of hydrogen-bond acceptors (Lipinski definition) is 3. The second-order valence-electron chi connectivity index (χ2n) is 5.79. The molecular weight excluding hydrogens is 292 g/mol. The van der Waals surface area contributed by atoms with Crippen LogP contribution in [-0.2, 0) is 11.2 Å². The van der Waals surface area contributed by atoms with Gasteiger partial charge < -0.3 is 10.1 Å². The minimum Gasteiger partial charge on any atom is -0.482 e. The second kappa shape index (κ2) is 6.13. The van der Waals surface area contributed by atoms with Crippen molar-refractivity contribution in [3.63, 3.8) is 0 Å². The average Bonchev–Trinajstić information content (AvgIpc) is 2.85. The number of benzene rings is 1. The molecule has 1 aromatic heterocycles. The van der Waals surface area contributed by atoms with Crippen molar-refractivity contribution in [1.29, 1.82) is 0 Å². The third-order valence-electron chi connectivity index (χ3n) is 2.60. The largest absolute Gasteiger partial charge is 0.482 e. The Hall–Kier alpha value is -2.44. The van der Waals surface area contributed by atoms with E-state index in [0.29, 0.717) is 5.69 Å². The van der Waals surface area contributed by atoms with Gasteiger partial charge in [-0.1, -0.05) is 0 Å². The minimum atomic E-state index is -0.869. The van der Waals surface area contributed by atoms with E-state index >= 15 is 0 Å². The number of nitrogens with zero attached hydrogens (tertiary/aromatic N) is 1. The summed E-state index contributed by atoms with van der Waals surface area (Å²) in [4.78, 5) is 11.8. The molecule has 1 heterocycles. The first kappa shape index (κ1) is 15.9. The first-order chi connectivity index (χ1) is 10.2. The SMILES string of the molecule is CC(C)(C)Oc1c(F)cc(NC(=O)Cc2ccn[nH]2)cc1F. The Balaban J connectivity index is 2.11. The second-order valence-corrected chi connectivity index (χ2v) is 5.79. The lowest BCUT2D eigenvalue weighted by Crippen LogP contribution is -2.24. The van der Waals surface area contributed by atoms with Gasteiger partial charge in [-0.2, -0.15) is 5.10 Å². The maximum atomic E-state index is 13.9. The van der Waals surface area contributed by atoms with Gasteiger partial charge in [0.1, 0.15) is 5.60 Å². The quantitative estimate of drug-likeness (QED) is 0.912. The van der Waals surface area contributed by atoms with Gasteiger partial charge in [0.2, 0.25) is 5.91 Å². The highest BCUT2D eigenvalue weighted by Crippen LogP contribution is 2.28. The van der Waals surface area contributed by atoms with Crippen LogP contribution in [0.1, 0.15) is 26.5 Å². The van der Waals surface area contributed by atoms with E-state index in [9.17, 15) is 13.6 Å². The zero-order valence-electron chi connectivity index (χ0n) is 12.5. The molecule has 0 aliphatic carbocycles. The predicted molar refractivity (Wildman–Crippen MR) is 77.7 cm³/mol. The molecule has 7 heteroatoms. The molecule has 0 unspecified atom stereocenters. The van der Waals surface area contributed by atoms with Gasteiger partial charge in [0.15, 0.2) is 17.4 Å². The maximum absolute atomic E-state index is 13.9. The molecule has 1 aromatic carbocycles. The number of anilines is 1. The van der Waals surface area contributed by atoms with E-state index < -0.39 is 28.9 Å². The van der Waals surface area contributed by atoms with Crippen molar-refractivity contribution in [2.45, 2.75) is 32.8 Å². The molecule has 0 aliphatic rings. The van der Waals surface area contributed by atoms with Crippen molar-refractivity contribution >= 4 is 11.6 Å². The molecular formula is C15H17F2N3O2. The van der Waals surface area contributed by atoms with E-state index in [2.05, 4.69) is 15.5 Å². The summed E-state index contributed by atoms with van der Waals surface area (Å²) in [6.07, 6.45) is 1.55. The zero-order valence-corrected chi connectivity index (χ0v) is 12.5. The van der Waals surface area contributed by atoms with Gasteiger partial charge in [-0.3, -0.25) is 9.89 Å². The van der Waals surface area contributed by atoms with E-state index in [-0.39, 0.29) is 12.1 Å². The van der Waals surface area contributed by atoms with Gasteiger partial charge in [0, 0.05) is 29.7 Å². The number of rotatable bonds is 4. The number of hydrogen-bond donors (Lipinski definition) is 2. The van der Waals surface area contributed by atoms with Gasteiger partial charge in [0.25, 0.3) is 0 Å². The van der Waals surface area contributed by atoms with Crippen molar-refractivity contribution in [3.05, 3.63) is 41.7 Å². The summed E-state index contributed by atoms with van der Waals surface area (Å²) in [5, 5.41) is 8.78. The molecule has 2 N–H and O–H groups in total. The lowest BCUT2D eigenvalue weighted by Gasteiger charge is -2.22. The van der Waals surface area contributed by atoms with Crippen LogP contribution >= 0.6 is 0 Å². The lowest BCUT2D eigenvalue weighted by atomic mass is 10.2. The molecule has 0 aliphatic heterocycles. The number of aromatic nitrogens is 2. The fourth-order valence-electron chi connectivity index (χ4n) is 1.80. The van der Waals surface area contributed by atoms with Crippen LogP contribution in [0.2, 0.25) is 0 Å². The smallest absolute Gasteiger partial charge is 0.230 e. The summed E-state index contributed by atoms with van der Waals surface area (Å²) in [6, 6.07) is 3.69. The van der Waals surface area contributed by atoms with Crippen LogP contribution in [0.4, 0.5) is 14.5 Å². The Morgan fingerprint density at radius 1 is 1.32 bits per heavy atom. The van der Waals surface area contributed by atoms with Crippen molar-refractivity contribution in [2.24, 2.45) is 0 Å². The fraction of sp³-hybridized carbons (Fsp3) is 0.333. The minimum absolute atomic E-state index is 0.0285. The third-order valence-corrected chi connectivity index (χ3v) is 2.60. The Bertz CT molecular complexity index is 641. The van der Waals surface area contributed by atoms with E-state index in [1.54, 1.807) is 26.8 Å². The summed E-state index contributed by atoms with van der Waals surface area (Å²) >= 11 is 0. The Morgan fingerprint density at radius 2 is 1.95 bits per heavy atom. The molecule has 0 saturated carbocycles. The molecule has 22 heavy (non-hydrogen) atoms. The Labute approximate surface area is 126 Å². The molecule has 0 fully saturated rings. The molecule has 118 valence electrons. The summed E-state index contributed by atoms with van der Waals surface area (Å²) in [5.41, 5.74) is -0.0977. The van der Waals surface area contributed by atoms with E-state index in [4.69, 9.17) is 4.74 Å². The average molecular weight is 309 g/mol. The lowest BCUT2D eigenvalue weighted by molar-refractivity contribution is -0.115. The van der Waals surface area contributed by atoms with E-state index in [0.717, 1.165) is 12.1 Å². The van der Waals surface area contributed by atoms with Gasteiger partial charge in [-0.25, -0.2) is 8.78 Å². The number of ether oxygens (including phenoxy) is 1. The molecule has 0 spiro atoms. The summed E-state index contributed by atoms with van der Waals surface area (Å²) in [7, 11) is 0. The summed E-state index contributed by atoms with van der Waals surface area (Å²) < 4.78 is 33.1. The summed E-state index contributed by atoms with van der Waals surface area (Å²) in [6.45, 7) is 5.06. The van der Waals surface area contributed by atoms with Gasteiger partial charge in [-0.05, 0) is 26.8 Å². The normalized spacial score (nSPS) is 11.3. The zero-order chi connectivity index (χ0) is 16.3. The monoisotopic (exact) mass is 309 g/mol. The molecule has 2 rings (SSSR count).